The van der Waals surface area contributed by atoms with E-state index in [-0.39, 0.29) is 30.5 Å². The van der Waals surface area contributed by atoms with Crippen molar-refractivity contribution in [3.05, 3.63) is 46.5 Å². The molecule has 3 unspecified atom stereocenters. The van der Waals surface area contributed by atoms with Crippen LogP contribution in [0.2, 0.25) is 5.02 Å². The quantitative estimate of drug-likeness (QED) is 0.206. The summed E-state index contributed by atoms with van der Waals surface area (Å²) in [5.74, 6) is 0.507. The average molecular weight is 521 g/mol. The highest BCUT2D eigenvalue weighted by Crippen LogP contribution is 2.47. The summed E-state index contributed by atoms with van der Waals surface area (Å²) in [7, 11) is 3.40. The van der Waals surface area contributed by atoms with Crippen molar-refractivity contribution in [3.63, 3.8) is 0 Å². The Hall–Kier alpha value is -2.55. The van der Waals surface area contributed by atoms with Gasteiger partial charge in [-0.15, -0.1) is 0 Å². The Morgan fingerprint density at radius 3 is 2.86 bits per heavy atom. The molecule has 2 aliphatic heterocycles. The van der Waals surface area contributed by atoms with Gasteiger partial charge in [0.15, 0.2) is 0 Å². The third kappa shape index (κ3) is 6.81. The lowest BCUT2D eigenvalue weighted by Crippen LogP contribution is -2.57. The van der Waals surface area contributed by atoms with Gasteiger partial charge < -0.3 is 29.4 Å². The second-order valence-corrected chi connectivity index (χ2v) is 10.3. The number of amides is 1. The summed E-state index contributed by atoms with van der Waals surface area (Å²) in [5, 5.41) is 17.2. The fourth-order valence-corrected chi connectivity index (χ4v) is 5.12. The zero-order chi connectivity index (χ0) is 26.5. The minimum atomic E-state index is -1.41. The Bertz CT molecular complexity index is 1000. The predicted molar refractivity (Wildman–Crippen MR) is 139 cm³/mol. The summed E-state index contributed by atoms with van der Waals surface area (Å²) >= 11 is 6.31. The maximum Gasteiger partial charge on any atom is 0.409 e. The second-order valence-electron chi connectivity index (χ2n) is 9.95. The van der Waals surface area contributed by atoms with E-state index in [0.29, 0.717) is 30.0 Å². The number of ether oxygens (including phenoxy) is 3. The number of methoxy groups -OCH3 is 1. The Morgan fingerprint density at radius 1 is 1.44 bits per heavy atom. The molecule has 8 nitrogen and oxygen atoms in total. The van der Waals surface area contributed by atoms with Gasteiger partial charge in [0.05, 0.1) is 24.5 Å². The Labute approximate surface area is 218 Å². The number of anilines is 1. The Balaban J connectivity index is 1.58. The summed E-state index contributed by atoms with van der Waals surface area (Å²) in [5.41, 5.74) is 1.16. The lowest BCUT2D eigenvalue weighted by Gasteiger charge is -2.38. The maximum atomic E-state index is 12.2. The van der Waals surface area contributed by atoms with Crippen LogP contribution < -0.4 is 15.4 Å². The number of benzene rings is 1. The van der Waals surface area contributed by atoms with Crippen LogP contribution in [0.4, 0.5) is 10.5 Å². The fourth-order valence-electron chi connectivity index (χ4n) is 4.83. The smallest absolute Gasteiger partial charge is 0.409 e. The summed E-state index contributed by atoms with van der Waals surface area (Å²) in [6.45, 7) is 5.93. The fraction of sp³-hybridized carbons (Fsp3) is 0.556. The first kappa shape index (κ1) is 28.0. The molecule has 36 heavy (non-hydrogen) atoms. The topological polar surface area (TPSA) is 109 Å². The van der Waals surface area contributed by atoms with E-state index in [9.17, 15) is 14.7 Å². The van der Waals surface area contributed by atoms with Gasteiger partial charge in [-0.2, -0.15) is 0 Å². The zero-order valence-corrected chi connectivity index (χ0v) is 22.4. The average Bonchev–Trinajstić information content (AvgIpc) is 3.51. The van der Waals surface area contributed by atoms with E-state index < -0.39 is 17.9 Å². The summed E-state index contributed by atoms with van der Waals surface area (Å²) in [4.78, 5) is 22.9. The predicted octanol–water partition coefficient (Wildman–Crippen LogP) is 4.79. The zero-order valence-electron chi connectivity index (χ0n) is 21.6. The van der Waals surface area contributed by atoms with Crippen molar-refractivity contribution in [2.45, 2.75) is 76.4 Å². The highest BCUT2D eigenvalue weighted by molar-refractivity contribution is 6.34. The minimum Gasteiger partial charge on any atom is -0.495 e. The van der Waals surface area contributed by atoms with Gasteiger partial charge in [-0.05, 0) is 44.4 Å². The molecular weight excluding hydrogens is 484 g/mol. The first-order valence-electron chi connectivity index (χ1n) is 12.2. The van der Waals surface area contributed by atoms with Crippen LogP contribution >= 0.6 is 11.6 Å². The second kappa shape index (κ2) is 11.7. The van der Waals surface area contributed by atoms with Crippen molar-refractivity contribution in [1.82, 2.24) is 5.32 Å². The van der Waals surface area contributed by atoms with Gasteiger partial charge in [-0.3, -0.25) is 5.32 Å². The van der Waals surface area contributed by atoms with Gasteiger partial charge in [-0.25, -0.2) is 4.79 Å². The van der Waals surface area contributed by atoms with E-state index in [1.165, 1.54) is 0 Å². The molecule has 2 fully saturated rings. The number of hydrogen-bond donors (Lipinski definition) is 3. The van der Waals surface area contributed by atoms with Gasteiger partial charge in [-0.1, -0.05) is 42.3 Å². The monoisotopic (exact) mass is 520 g/mol. The van der Waals surface area contributed by atoms with E-state index in [2.05, 4.69) is 10.6 Å². The number of carbonyl (C=O) groups is 2. The van der Waals surface area contributed by atoms with Gasteiger partial charge >= 0.3 is 6.09 Å². The van der Waals surface area contributed by atoms with Crippen LogP contribution in [0.25, 0.3) is 0 Å². The molecule has 2 aliphatic rings. The number of allylic oxidation sites excluding steroid dienone is 3. The number of nitrogens with one attached hydrogen (secondary N) is 2. The molecular formula is C27H37ClN2O6. The highest BCUT2D eigenvalue weighted by atomic mass is 35.5. The highest BCUT2D eigenvalue weighted by Gasteiger charge is 2.57. The molecule has 0 aliphatic carbocycles. The molecule has 1 aromatic carbocycles. The van der Waals surface area contributed by atoms with Crippen LogP contribution in [0.15, 0.2) is 35.9 Å². The number of aldehydes is 1. The number of epoxide rings is 1. The van der Waals surface area contributed by atoms with E-state index in [1.54, 1.807) is 7.11 Å². The molecule has 1 aromatic rings. The number of aliphatic hydroxyl groups is 1. The van der Waals surface area contributed by atoms with Crippen molar-refractivity contribution in [2.24, 2.45) is 5.92 Å². The minimum absolute atomic E-state index is 0.107. The number of hydrogen-bond acceptors (Lipinski definition) is 7. The van der Waals surface area contributed by atoms with Gasteiger partial charge in [0.1, 0.15) is 28.9 Å². The molecule has 198 valence electrons. The lowest BCUT2D eigenvalue weighted by molar-refractivity contribution is -0.108. The maximum absolute atomic E-state index is 12.2. The number of halogens is 1. The van der Waals surface area contributed by atoms with Crippen molar-refractivity contribution in [1.29, 1.82) is 0 Å². The molecule has 0 aromatic heterocycles. The number of rotatable bonds is 12. The van der Waals surface area contributed by atoms with Gasteiger partial charge in [0, 0.05) is 32.2 Å². The Morgan fingerprint density at radius 2 is 2.19 bits per heavy atom. The largest absolute Gasteiger partial charge is 0.495 e. The van der Waals surface area contributed by atoms with Crippen LogP contribution in [-0.4, -0.2) is 55.2 Å². The van der Waals surface area contributed by atoms with E-state index in [0.717, 1.165) is 23.1 Å². The lowest BCUT2D eigenvalue weighted by atomic mass is 9.85. The summed E-state index contributed by atoms with van der Waals surface area (Å²) < 4.78 is 16.7. The van der Waals surface area contributed by atoms with Crippen molar-refractivity contribution < 1.29 is 28.9 Å². The summed E-state index contributed by atoms with van der Waals surface area (Å²) in [6.07, 6.45) is 7.55. The molecule has 0 spiro atoms. The van der Waals surface area contributed by atoms with Gasteiger partial charge in [0.25, 0.3) is 0 Å². The van der Waals surface area contributed by atoms with E-state index in [4.69, 9.17) is 25.8 Å². The molecule has 0 bridgehead atoms. The molecule has 2 saturated heterocycles. The third-order valence-electron chi connectivity index (χ3n) is 6.94. The molecule has 3 rings (SSSR count). The molecule has 9 heteroatoms. The number of carbonyl (C=O) groups excluding carboxylic acids is 2. The van der Waals surface area contributed by atoms with Crippen molar-refractivity contribution in [3.8, 4) is 5.75 Å². The standard InChI is InChI=1S/C27H37ClN2O6/c1-17(13-19-14-20(29-4)23(28)21(15-19)34-5)9-6-7-11-27(33)16-22(35-25(32)30-27)18(2)24-26(3,36-24)10-8-12-31/h6-7,9,12,14-15,18,22,24,29,33H,8,10-11,13,16H2,1-5H3,(H,30,32)/b7-6+,17-9+/t18-,22?,24?,26?,27-/m1/s1. The SMILES string of the molecule is CNc1cc(C/C(C)=C/C=C/C[C@@]2(O)CC([C@@H](C)C3OC3(C)CCC=O)OC(=O)N2)cc(OC)c1Cl. The van der Waals surface area contributed by atoms with Crippen molar-refractivity contribution in [2.75, 3.05) is 19.5 Å². The molecule has 0 saturated carbocycles. The first-order valence-corrected chi connectivity index (χ1v) is 12.6. The number of cyclic esters (lactones) is 1. The first-order chi connectivity index (χ1) is 17.0. The Kier molecular flexibility index (Phi) is 9.08. The van der Waals surface area contributed by atoms with Crippen molar-refractivity contribution >= 4 is 29.7 Å². The summed E-state index contributed by atoms with van der Waals surface area (Å²) in [6, 6.07) is 3.90. The van der Waals surface area contributed by atoms with E-state index in [1.807, 2.05) is 58.2 Å². The van der Waals surface area contributed by atoms with Gasteiger partial charge in [0.2, 0.25) is 0 Å². The third-order valence-corrected chi connectivity index (χ3v) is 7.33. The molecule has 3 N–H and O–H groups in total. The normalized spacial score (nSPS) is 28.9. The van der Waals surface area contributed by atoms with Crippen LogP contribution in [0.1, 0.15) is 52.0 Å². The van der Waals surface area contributed by atoms with E-state index >= 15 is 0 Å². The van der Waals surface area contributed by atoms with Crippen LogP contribution in [0.5, 0.6) is 5.75 Å². The van der Waals surface area contributed by atoms with Crippen LogP contribution in [-0.2, 0) is 20.7 Å². The molecule has 1 amide bonds. The molecule has 0 radical (unpaired) electrons. The van der Waals surface area contributed by atoms with Crippen LogP contribution in [0, 0.1) is 5.92 Å². The molecule has 5 atom stereocenters. The molecule has 2 heterocycles. The number of alkyl carbamates (subject to hydrolysis) is 1. The van der Waals surface area contributed by atoms with Crippen LogP contribution in [0.3, 0.4) is 0 Å².